The van der Waals surface area contributed by atoms with Crippen molar-refractivity contribution in [3.05, 3.63) is 0 Å². The molecule has 90 valence electrons. The minimum absolute atomic E-state index is 0.0989. The van der Waals surface area contributed by atoms with Crippen molar-refractivity contribution in [2.45, 2.75) is 66.4 Å². The van der Waals surface area contributed by atoms with Crippen molar-refractivity contribution < 1.29 is 9.53 Å². The molecule has 0 amide bonds. The molecule has 2 atom stereocenters. The first-order chi connectivity index (χ1) is 6.97. The Bertz CT molecular complexity index is 175. The van der Waals surface area contributed by atoms with Gasteiger partial charge in [-0.15, -0.1) is 0 Å². The molecule has 0 fully saturated rings. The molecule has 0 aromatic carbocycles. The van der Waals surface area contributed by atoms with Gasteiger partial charge < -0.3 is 4.74 Å². The van der Waals surface area contributed by atoms with Crippen LogP contribution < -0.4 is 0 Å². The van der Waals surface area contributed by atoms with Gasteiger partial charge in [0.15, 0.2) is 0 Å². The molecule has 2 nitrogen and oxygen atoms in total. The average Bonchev–Trinajstić information content (AvgIpc) is 2.11. The molecule has 0 rings (SSSR count). The van der Waals surface area contributed by atoms with Crippen molar-refractivity contribution >= 4 is 5.97 Å². The van der Waals surface area contributed by atoms with E-state index in [4.69, 9.17) is 4.74 Å². The van der Waals surface area contributed by atoms with E-state index in [-0.39, 0.29) is 12.1 Å². The zero-order chi connectivity index (χ0) is 11.8. The molecule has 0 aliphatic heterocycles. The van der Waals surface area contributed by atoms with Crippen molar-refractivity contribution in [2.75, 3.05) is 0 Å². The van der Waals surface area contributed by atoms with E-state index in [1.165, 1.54) is 19.8 Å². The van der Waals surface area contributed by atoms with Crippen LogP contribution in [0.5, 0.6) is 0 Å². The first-order valence-electron chi connectivity index (χ1n) is 6.14. The van der Waals surface area contributed by atoms with Gasteiger partial charge in [0.25, 0.3) is 0 Å². The van der Waals surface area contributed by atoms with E-state index in [9.17, 15) is 4.79 Å². The van der Waals surface area contributed by atoms with E-state index in [0.29, 0.717) is 5.92 Å². The molecule has 0 N–H and O–H groups in total. The number of carbonyl (C=O) groups excluding carboxylic acids is 1. The van der Waals surface area contributed by atoms with Gasteiger partial charge in [-0.1, -0.05) is 40.5 Å². The molecule has 0 saturated heterocycles. The summed E-state index contributed by atoms with van der Waals surface area (Å²) in [4.78, 5) is 10.9. The Kier molecular flexibility index (Phi) is 7.45. The molecule has 0 aromatic heterocycles. The van der Waals surface area contributed by atoms with E-state index < -0.39 is 0 Å². The summed E-state index contributed by atoms with van der Waals surface area (Å²) in [5.74, 6) is 1.01. The molecule has 0 radical (unpaired) electrons. The summed E-state index contributed by atoms with van der Waals surface area (Å²) in [6.07, 6.45) is 4.76. The van der Waals surface area contributed by atoms with Crippen molar-refractivity contribution in [1.29, 1.82) is 0 Å². The number of hydrogen-bond donors (Lipinski definition) is 0. The van der Waals surface area contributed by atoms with E-state index >= 15 is 0 Å². The summed E-state index contributed by atoms with van der Waals surface area (Å²) in [6.45, 7) is 10.2. The van der Waals surface area contributed by atoms with Crippen LogP contribution >= 0.6 is 0 Å². The second-order valence-corrected chi connectivity index (χ2v) is 4.86. The summed E-state index contributed by atoms with van der Waals surface area (Å²) < 4.78 is 5.30. The molecule has 0 spiro atoms. The van der Waals surface area contributed by atoms with Gasteiger partial charge in [0, 0.05) is 6.92 Å². The van der Waals surface area contributed by atoms with Gasteiger partial charge >= 0.3 is 5.97 Å². The molecular formula is C13H26O2. The standard InChI is InChI=1S/C13H26O2/c1-6-7-11(4)8-9-13(10(2)3)15-12(5)14/h10-11,13H,6-9H2,1-5H3. The van der Waals surface area contributed by atoms with Gasteiger partial charge in [-0.25, -0.2) is 0 Å². The Labute approximate surface area is 94.4 Å². The van der Waals surface area contributed by atoms with Crippen molar-refractivity contribution in [3.8, 4) is 0 Å². The van der Waals surface area contributed by atoms with E-state index in [2.05, 4.69) is 27.7 Å². The molecule has 0 bridgehead atoms. The van der Waals surface area contributed by atoms with Crippen LogP contribution in [0.15, 0.2) is 0 Å². The van der Waals surface area contributed by atoms with Gasteiger partial charge in [-0.2, -0.15) is 0 Å². The number of esters is 1. The maximum atomic E-state index is 10.9. The summed E-state index contributed by atoms with van der Waals surface area (Å²) >= 11 is 0. The fourth-order valence-corrected chi connectivity index (χ4v) is 1.83. The molecule has 0 aromatic rings. The highest BCUT2D eigenvalue weighted by molar-refractivity contribution is 5.66. The highest BCUT2D eigenvalue weighted by Gasteiger charge is 2.17. The van der Waals surface area contributed by atoms with Gasteiger partial charge in [0.1, 0.15) is 6.10 Å². The number of hydrogen-bond acceptors (Lipinski definition) is 2. The maximum absolute atomic E-state index is 10.9. The second kappa shape index (κ2) is 7.72. The number of carbonyl (C=O) groups is 1. The SMILES string of the molecule is CCCC(C)CCC(OC(C)=O)C(C)C. The number of rotatable bonds is 7. The van der Waals surface area contributed by atoms with Crippen molar-refractivity contribution in [2.24, 2.45) is 11.8 Å². The molecule has 0 saturated carbocycles. The summed E-state index contributed by atoms with van der Waals surface area (Å²) in [5.41, 5.74) is 0. The zero-order valence-electron chi connectivity index (χ0n) is 10.9. The first kappa shape index (κ1) is 14.5. The Hall–Kier alpha value is -0.530. The number of ether oxygens (including phenoxy) is 1. The smallest absolute Gasteiger partial charge is 0.302 e. The van der Waals surface area contributed by atoms with Gasteiger partial charge in [-0.05, 0) is 24.7 Å². The minimum atomic E-state index is -0.156. The van der Waals surface area contributed by atoms with Crippen LogP contribution in [0.1, 0.15) is 60.3 Å². The van der Waals surface area contributed by atoms with Gasteiger partial charge in [-0.3, -0.25) is 4.79 Å². The predicted octanol–water partition coefficient (Wildman–Crippen LogP) is 3.79. The topological polar surface area (TPSA) is 26.3 Å². The summed E-state index contributed by atoms with van der Waals surface area (Å²) in [7, 11) is 0. The van der Waals surface area contributed by atoms with E-state index in [1.54, 1.807) is 0 Å². The van der Waals surface area contributed by atoms with Crippen LogP contribution in [0.2, 0.25) is 0 Å². The largest absolute Gasteiger partial charge is 0.462 e. The van der Waals surface area contributed by atoms with Crippen LogP contribution in [0, 0.1) is 11.8 Å². The highest BCUT2D eigenvalue weighted by atomic mass is 16.5. The van der Waals surface area contributed by atoms with Crippen molar-refractivity contribution in [1.82, 2.24) is 0 Å². The Morgan fingerprint density at radius 3 is 2.13 bits per heavy atom. The van der Waals surface area contributed by atoms with Crippen LogP contribution in [0.4, 0.5) is 0 Å². The highest BCUT2D eigenvalue weighted by Crippen LogP contribution is 2.19. The Morgan fingerprint density at radius 2 is 1.73 bits per heavy atom. The second-order valence-electron chi connectivity index (χ2n) is 4.86. The van der Waals surface area contributed by atoms with Gasteiger partial charge in [0.05, 0.1) is 0 Å². The lowest BCUT2D eigenvalue weighted by atomic mass is 9.94. The molecule has 0 aliphatic rings. The first-order valence-corrected chi connectivity index (χ1v) is 6.14. The third-order valence-corrected chi connectivity index (χ3v) is 2.79. The summed E-state index contributed by atoms with van der Waals surface area (Å²) in [6, 6.07) is 0. The van der Waals surface area contributed by atoms with E-state index in [0.717, 1.165) is 18.8 Å². The lowest BCUT2D eigenvalue weighted by Gasteiger charge is -2.22. The third-order valence-electron chi connectivity index (χ3n) is 2.79. The molecule has 0 heterocycles. The Morgan fingerprint density at radius 1 is 1.13 bits per heavy atom. The third kappa shape index (κ3) is 7.40. The molecular weight excluding hydrogens is 188 g/mol. The normalized spacial score (nSPS) is 15.1. The van der Waals surface area contributed by atoms with Crippen LogP contribution in [-0.4, -0.2) is 12.1 Å². The quantitative estimate of drug-likeness (QED) is 0.603. The predicted molar refractivity (Wildman–Crippen MR) is 63.7 cm³/mol. The summed E-state index contributed by atoms with van der Waals surface area (Å²) in [5, 5.41) is 0. The molecule has 2 heteroatoms. The molecule has 2 unspecified atom stereocenters. The van der Waals surface area contributed by atoms with Crippen LogP contribution in [0.3, 0.4) is 0 Å². The average molecular weight is 214 g/mol. The van der Waals surface area contributed by atoms with Crippen LogP contribution in [0.25, 0.3) is 0 Å². The van der Waals surface area contributed by atoms with Crippen LogP contribution in [-0.2, 0) is 9.53 Å². The molecule has 0 aliphatic carbocycles. The lowest BCUT2D eigenvalue weighted by molar-refractivity contribution is -0.149. The van der Waals surface area contributed by atoms with Crippen molar-refractivity contribution in [3.63, 3.8) is 0 Å². The van der Waals surface area contributed by atoms with Gasteiger partial charge in [0.2, 0.25) is 0 Å². The zero-order valence-corrected chi connectivity index (χ0v) is 10.9. The minimum Gasteiger partial charge on any atom is -0.462 e. The monoisotopic (exact) mass is 214 g/mol. The molecule has 15 heavy (non-hydrogen) atoms. The van der Waals surface area contributed by atoms with E-state index in [1.807, 2.05) is 0 Å². The fraction of sp³-hybridized carbons (Fsp3) is 0.923. The lowest BCUT2D eigenvalue weighted by Crippen LogP contribution is -2.23. The maximum Gasteiger partial charge on any atom is 0.302 e. The fourth-order valence-electron chi connectivity index (χ4n) is 1.83. The Balaban J connectivity index is 3.90.